The summed E-state index contributed by atoms with van der Waals surface area (Å²) in [6, 6.07) is 16.6. The van der Waals surface area contributed by atoms with E-state index >= 15 is 0 Å². The summed E-state index contributed by atoms with van der Waals surface area (Å²) in [6.07, 6.45) is 0. The molecule has 0 aromatic heterocycles. The smallest absolute Gasteiger partial charge is 0.325 e. The van der Waals surface area contributed by atoms with Crippen molar-refractivity contribution in [1.82, 2.24) is 5.32 Å². The van der Waals surface area contributed by atoms with E-state index in [1.54, 1.807) is 68.4 Å². The van der Waals surface area contributed by atoms with Crippen LogP contribution in [0.3, 0.4) is 0 Å². The van der Waals surface area contributed by atoms with Crippen LogP contribution in [0.2, 0.25) is 0 Å². The molecule has 0 aliphatic carbocycles. The molecule has 0 bridgehead atoms. The molecule has 2 fully saturated rings. The van der Waals surface area contributed by atoms with Crippen molar-refractivity contribution < 1.29 is 19.5 Å². The molecule has 152 valence electrons. The molecule has 2 aromatic rings. The molecular weight excluding hydrogens is 382 g/mol. The summed E-state index contributed by atoms with van der Waals surface area (Å²) in [5.41, 5.74) is -0.160. The highest BCUT2D eigenvalue weighted by Gasteiger charge is 2.69. The van der Waals surface area contributed by atoms with Crippen LogP contribution in [0, 0.1) is 29.1 Å². The number of carboxylic acids is 1. The van der Waals surface area contributed by atoms with Gasteiger partial charge in [-0.1, -0.05) is 44.2 Å². The van der Waals surface area contributed by atoms with Gasteiger partial charge in [0, 0.05) is 6.04 Å². The fourth-order valence-corrected chi connectivity index (χ4v) is 4.83. The van der Waals surface area contributed by atoms with Crippen LogP contribution in [0.1, 0.15) is 31.0 Å². The highest BCUT2D eigenvalue weighted by atomic mass is 16.4. The van der Waals surface area contributed by atoms with Gasteiger partial charge in [0.2, 0.25) is 11.8 Å². The Morgan fingerprint density at radius 3 is 2.43 bits per heavy atom. The van der Waals surface area contributed by atoms with E-state index in [1.807, 2.05) is 0 Å². The van der Waals surface area contributed by atoms with Crippen LogP contribution in [-0.4, -0.2) is 28.4 Å². The zero-order chi connectivity index (χ0) is 21.6. The summed E-state index contributed by atoms with van der Waals surface area (Å²) in [5, 5.41) is 22.6. The van der Waals surface area contributed by atoms with Crippen molar-refractivity contribution in [1.29, 1.82) is 5.26 Å². The lowest BCUT2D eigenvalue weighted by molar-refractivity contribution is -0.151. The third-order valence-electron chi connectivity index (χ3n) is 6.25. The highest BCUT2D eigenvalue weighted by molar-refractivity contribution is 6.24. The van der Waals surface area contributed by atoms with Gasteiger partial charge >= 0.3 is 5.97 Å². The zero-order valence-corrected chi connectivity index (χ0v) is 16.6. The molecule has 0 saturated carbocycles. The SMILES string of the molecule is CC(C)C1(C(=O)O)NC(c2cccc(C#N)c2)C2C(=O)N(c3ccccc3)C(=O)C21. The second-order valence-corrected chi connectivity index (χ2v) is 8.04. The largest absolute Gasteiger partial charge is 0.480 e. The number of carbonyl (C=O) groups excluding carboxylic acids is 2. The van der Waals surface area contributed by atoms with Gasteiger partial charge in [-0.2, -0.15) is 5.26 Å². The molecule has 2 aromatic carbocycles. The van der Waals surface area contributed by atoms with Crippen LogP contribution >= 0.6 is 0 Å². The average Bonchev–Trinajstić information content (AvgIpc) is 3.24. The number of benzene rings is 2. The summed E-state index contributed by atoms with van der Waals surface area (Å²) in [7, 11) is 0. The fraction of sp³-hybridized carbons (Fsp3) is 0.304. The second kappa shape index (κ2) is 7.08. The first kappa shape index (κ1) is 19.8. The Morgan fingerprint density at radius 2 is 1.83 bits per heavy atom. The predicted octanol–water partition coefficient (Wildman–Crippen LogP) is 2.49. The van der Waals surface area contributed by atoms with Crippen LogP contribution < -0.4 is 10.2 Å². The molecule has 4 atom stereocenters. The minimum Gasteiger partial charge on any atom is -0.480 e. The Kier molecular flexibility index (Phi) is 4.67. The van der Waals surface area contributed by atoms with Gasteiger partial charge in [0.15, 0.2) is 0 Å². The molecule has 2 saturated heterocycles. The summed E-state index contributed by atoms with van der Waals surface area (Å²) in [4.78, 5) is 40.6. The molecule has 0 radical (unpaired) electrons. The van der Waals surface area contributed by atoms with E-state index in [9.17, 15) is 24.8 Å². The molecule has 2 aliphatic heterocycles. The van der Waals surface area contributed by atoms with E-state index in [4.69, 9.17) is 0 Å². The Balaban J connectivity index is 1.89. The summed E-state index contributed by atoms with van der Waals surface area (Å²) < 4.78 is 0. The van der Waals surface area contributed by atoms with E-state index in [0.717, 1.165) is 4.90 Å². The molecule has 4 rings (SSSR count). The lowest BCUT2D eigenvalue weighted by Crippen LogP contribution is -2.59. The summed E-state index contributed by atoms with van der Waals surface area (Å²) >= 11 is 0. The minimum absolute atomic E-state index is 0.403. The van der Waals surface area contributed by atoms with Gasteiger partial charge < -0.3 is 5.11 Å². The maximum atomic E-state index is 13.5. The quantitative estimate of drug-likeness (QED) is 0.759. The number of anilines is 1. The monoisotopic (exact) mass is 403 g/mol. The number of hydrogen-bond donors (Lipinski definition) is 2. The highest BCUT2D eigenvalue weighted by Crippen LogP contribution is 2.52. The van der Waals surface area contributed by atoms with Crippen LogP contribution in [-0.2, 0) is 14.4 Å². The maximum absolute atomic E-state index is 13.5. The standard InChI is InChI=1S/C23H21N3O4/c1-13(2)23(22(29)30)18-17(19(25-23)15-8-6-7-14(11-15)12-24)20(27)26(21(18)28)16-9-4-3-5-10-16/h3-11,13,17-19,25H,1-2H3,(H,29,30). The summed E-state index contributed by atoms with van der Waals surface area (Å²) in [5.74, 6) is -4.51. The van der Waals surface area contributed by atoms with Crippen LogP contribution in [0.4, 0.5) is 5.69 Å². The molecule has 2 heterocycles. The number of nitrogens with zero attached hydrogens (tertiary/aromatic N) is 2. The van der Waals surface area contributed by atoms with Gasteiger partial charge in [0.1, 0.15) is 5.54 Å². The number of hydrogen-bond acceptors (Lipinski definition) is 5. The Hall–Kier alpha value is -3.50. The lowest BCUT2D eigenvalue weighted by Gasteiger charge is -2.34. The number of aliphatic carboxylic acids is 1. The van der Waals surface area contributed by atoms with Crippen molar-refractivity contribution >= 4 is 23.5 Å². The number of carbonyl (C=O) groups is 3. The Bertz CT molecular complexity index is 1080. The zero-order valence-electron chi connectivity index (χ0n) is 16.6. The topological polar surface area (TPSA) is 110 Å². The number of fused-ring (bicyclic) bond motifs is 1. The van der Waals surface area contributed by atoms with E-state index < -0.39 is 47.1 Å². The molecule has 7 nitrogen and oxygen atoms in total. The number of amides is 2. The van der Waals surface area contributed by atoms with Crippen LogP contribution in [0.15, 0.2) is 54.6 Å². The molecule has 2 aliphatic rings. The number of nitriles is 1. The van der Waals surface area contributed by atoms with Gasteiger partial charge in [-0.3, -0.25) is 19.7 Å². The third kappa shape index (κ3) is 2.65. The lowest BCUT2D eigenvalue weighted by atomic mass is 9.73. The minimum atomic E-state index is -1.60. The first-order valence-electron chi connectivity index (χ1n) is 9.77. The first-order valence-corrected chi connectivity index (χ1v) is 9.77. The molecule has 2 N–H and O–H groups in total. The molecule has 30 heavy (non-hydrogen) atoms. The van der Waals surface area contributed by atoms with Gasteiger partial charge in [0.05, 0.1) is 29.2 Å². The Labute approximate surface area is 173 Å². The van der Waals surface area contributed by atoms with E-state index in [1.165, 1.54) is 0 Å². The van der Waals surface area contributed by atoms with Gasteiger partial charge in [-0.25, -0.2) is 4.90 Å². The molecular formula is C23H21N3O4. The number of carboxylic acid groups (broad SMARTS) is 1. The normalized spacial score (nSPS) is 27.9. The van der Waals surface area contributed by atoms with E-state index in [2.05, 4.69) is 11.4 Å². The van der Waals surface area contributed by atoms with Crippen molar-refractivity contribution in [3.8, 4) is 6.07 Å². The molecule has 2 amide bonds. The summed E-state index contributed by atoms with van der Waals surface area (Å²) in [6.45, 7) is 3.46. The first-order chi connectivity index (χ1) is 14.3. The van der Waals surface area contributed by atoms with Crippen molar-refractivity contribution in [2.75, 3.05) is 4.90 Å². The van der Waals surface area contributed by atoms with E-state index in [0.29, 0.717) is 16.8 Å². The molecule has 0 spiro atoms. The number of para-hydroxylation sites is 1. The van der Waals surface area contributed by atoms with E-state index in [-0.39, 0.29) is 0 Å². The fourth-order valence-electron chi connectivity index (χ4n) is 4.83. The molecule has 4 unspecified atom stereocenters. The number of nitrogens with one attached hydrogen (secondary N) is 1. The van der Waals surface area contributed by atoms with Crippen LogP contribution in [0.25, 0.3) is 0 Å². The van der Waals surface area contributed by atoms with Crippen molar-refractivity contribution in [2.45, 2.75) is 25.4 Å². The predicted molar refractivity (Wildman–Crippen MR) is 108 cm³/mol. The van der Waals surface area contributed by atoms with Gasteiger partial charge in [-0.05, 0) is 35.7 Å². The average molecular weight is 403 g/mol. The van der Waals surface area contributed by atoms with Crippen molar-refractivity contribution in [2.24, 2.45) is 17.8 Å². The van der Waals surface area contributed by atoms with Gasteiger partial charge in [-0.15, -0.1) is 0 Å². The van der Waals surface area contributed by atoms with Crippen LogP contribution in [0.5, 0.6) is 0 Å². The molecule has 7 heteroatoms. The van der Waals surface area contributed by atoms with Crippen molar-refractivity contribution in [3.63, 3.8) is 0 Å². The van der Waals surface area contributed by atoms with Crippen molar-refractivity contribution in [3.05, 3.63) is 65.7 Å². The Morgan fingerprint density at radius 1 is 1.13 bits per heavy atom. The van der Waals surface area contributed by atoms with Gasteiger partial charge in [0.25, 0.3) is 0 Å². The number of rotatable bonds is 4. The maximum Gasteiger partial charge on any atom is 0.325 e. The third-order valence-corrected chi connectivity index (χ3v) is 6.25. The number of imide groups is 1. The second-order valence-electron chi connectivity index (χ2n) is 8.04.